The number of para-hydroxylation sites is 2. The number of nitrogens with zero attached hydrogens (tertiary/aromatic N) is 1. The quantitative estimate of drug-likeness (QED) is 0.777. The lowest BCUT2D eigenvalue weighted by Crippen LogP contribution is -2.20. The van der Waals surface area contributed by atoms with Crippen molar-refractivity contribution in [2.45, 2.75) is 6.10 Å². The van der Waals surface area contributed by atoms with Gasteiger partial charge >= 0.3 is 6.08 Å². The number of rotatable bonds is 4. The molecule has 0 spiro atoms. The van der Waals surface area contributed by atoms with E-state index in [-0.39, 0.29) is 12.2 Å². The monoisotopic (exact) mass is 245 g/mol. The molecule has 1 aromatic carbocycles. The molecule has 0 aliphatic carbocycles. The van der Waals surface area contributed by atoms with E-state index < -0.39 is 0 Å². The van der Waals surface area contributed by atoms with Crippen LogP contribution in [-0.2, 0) is 0 Å². The third kappa shape index (κ3) is 2.36. The highest BCUT2D eigenvalue weighted by atomic mass is 35.5. The molecule has 5 heteroatoms. The Morgan fingerprint density at radius 1 is 1.27 bits per heavy atom. The van der Waals surface area contributed by atoms with Crippen molar-refractivity contribution in [1.29, 1.82) is 0 Å². The summed E-state index contributed by atoms with van der Waals surface area (Å²) in [6.07, 6.45) is -0.0658. The SMILES string of the molecule is ClCC(CCl)Oc1nc2ccccc2o1. The Bertz CT molecular complexity index is 407. The molecule has 0 aliphatic rings. The molecule has 15 heavy (non-hydrogen) atoms. The normalized spacial score (nSPS) is 11.1. The van der Waals surface area contributed by atoms with Gasteiger partial charge in [-0.25, -0.2) is 0 Å². The van der Waals surface area contributed by atoms with Gasteiger partial charge in [0, 0.05) is 0 Å². The average molecular weight is 246 g/mol. The van der Waals surface area contributed by atoms with Crippen LogP contribution < -0.4 is 4.74 Å². The summed E-state index contributed by atoms with van der Waals surface area (Å²) in [5.74, 6) is 0.616. The maximum absolute atomic E-state index is 5.64. The zero-order valence-electron chi connectivity index (χ0n) is 7.82. The van der Waals surface area contributed by atoms with E-state index in [2.05, 4.69) is 4.98 Å². The molecule has 0 bridgehead atoms. The van der Waals surface area contributed by atoms with Gasteiger partial charge in [0.1, 0.15) is 11.6 Å². The van der Waals surface area contributed by atoms with Crippen molar-refractivity contribution in [1.82, 2.24) is 4.98 Å². The van der Waals surface area contributed by atoms with Crippen LogP contribution in [0.1, 0.15) is 0 Å². The smallest absolute Gasteiger partial charge is 0.395 e. The van der Waals surface area contributed by atoms with Gasteiger partial charge in [0.2, 0.25) is 0 Å². The van der Waals surface area contributed by atoms with Gasteiger partial charge in [-0.3, -0.25) is 0 Å². The molecular formula is C10H9Cl2NO2. The van der Waals surface area contributed by atoms with Crippen LogP contribution in [0, 0.1) is 0 Å². The van der Waals surface area contributed by atoms with Crippen molar-refractivity contribution in [2.75, 3.05) is 11.8 Å². The lowest BCUT2D eigenvalue weighted by atomic mass is 10.3. The fourth-order valence-corrected chi connectivity index (χ4v) is 1.60. The van der Waals surface area contributed by atoms with Crippen molar-refractivity contribution in [3.8, 4) is 6.08 Å². The minimum absolute atomic E-state index is 0.211. The Labute approximate surface area is 96.9 Å². The maximum atomic E-state index is 5.64. The van der Waals surface area contributed by atoms with Gasteiger partial charge in [0.15, 0.2) is 5.58 Å². The molecule has 1 heterocycles. The molecule has 3 nitrogen and oxygen atoms in total. The molecule has 2 rings (SSSR count). The van der Waals surface area contributed by atoms with Gasteiger partial charge in [0.05, 0.1) is 11.8 Å². The first kappa shape index (κ1) is 10.6. The molecule has 0 amide bonds. The summed E-state index contributed by atoms with van der Waals surface area (Å²) < 4.78 is 10.7. The van der Waals surface area contributed by atoms with Gasteiger partial charge in [0.25, 0.3) is 0 Å². The highest BCUT2D eigenvalue weighted by Crippen LogP contribution is 2.21. The second-order valence-corrected chi connectivity index (χ2v) is 3.61. The summed E-state index contributed by atoms with van der Waals surface area (Å²) in [7, 11) is 0. The van der Waals surface area contributed by atoms with E-state index >= 15 is 0 Å². The van der Waals surface area contributed by atoms with E-state index in [0.717, 1.165) is 5.52 Å². The lowest BCUT2D eigenvalue weighted by Gasteiger charge is -2.08. The first-order valence-electron chi connectivity index (χ1n) is 4.47. The summed E-state index contributed by atoms with van der Waals surface area (Å²) in [4.78, 5) is 4.14. The van der Waals surface area contributed by atoms with Gasteiger partial charge in [-0.15, -0.1) is 23.2 Å². The molecule has 0 fully saturated rings. The summed E-state index contributed by atoms with van der Waals surface area (Å²) in [6.45, 7) is 0. The molecule has 0 saturated carbocycles. The molecule has 0 saturated heterocycles. The topological polar surface area (TPSA) is 35.3 Å². The number of hydrogen-bond acceptors (Lipinski definition) is 3. The van der Waals surface area contributed by atoms with Crippen molar-refractivity contribution in [3.05, 3.63) is 24.3 Å². The second kappa shape index (κ2) is 4.73. The zero-order valence-corrected chi connectivity index (χ0v) is 9.33. The molecule has 80 valence electrons. The molecule has 0 radical (unpaired) electrons. The number of hydrogen-bond donors (Lipinski definition) is 0. The lowest BCUT2D eigenvalue weighted by molar-refractivity contribution is 0.185. The van der Waals surface area contributed by atoms with E-state index in [1.807, 2.05) is 24.3 Å². The molecule has 0 aliphatic heterocycles. The van der Waals surface area contributed by atoms with Crippen LogP contribution in [0.5, 0.6) is 6.08 Å². The Morgan fingerprint density at radius 3 is 2.67 bits per heavy atom. The number of aromatic nitrogens is 1. The molecule has 1 aromatic heterocycles. The van der Waals surface area contributed by atoms with E-state index in [1.165, 1.54) is 0 Å². The van der Waals surface area contributed by atoms with E-state index in [0.29, 0.717) is 17.3 Å². The standard InChI is InChI=1S/C10H9Cl2NO2/c11-5-7(6-12)14-10-13-8-3-1-2-4-9(8)15-10/h1-4,7H,5-6H2. The molecule has 0 N–H and O–H groups in total. The first-order chi connectivity index (χ1) is 7.33. The van der Waals surface area contributed by atoms with Crippen LogP contribution in [0.4, 0.5) is 0 Å². The maximum Gasteiger partial charge on any atom is 0.395 e. The third-order valence-electron chi connectivity index (χ3n) is 1.89. The highest BCUT2D eigenvalue weighted by molar-refractivity contribution is 6.21. The van der Waals surface area contributed by atoms with Gasteiger partial charge in [-0.1, -0.05) is 12.1 Å². The summed E-state index contributed by atoms with van der Waals surface area (Å²) >= 11 is 11.3. The van der Waals surface area contributed by atoms with Gasteiger partial charge in [-0.2, -0.15) is 4.98 Å². The predicted octanol–water partition coefficient (Wildman–Crippen LogP) is 3.05. The summed E-state index contributed by atoms with van der Waals surface area (Å²) in [5.41, 5.74) is 1.45. The Hall–Kier alpha value is -0.930. The first-order valence-corrected chi connectivity index (χ1v) is 5.54. The van der Waals surface area contributed by atoms with Crippen LogP contribution >= 0.6 is 23.2 Å². The molecule has 0 unspecified atom stereocenters. The molecule has 2 aromatic rings. The summed E-state index contributed by atoms with van der Waals surface area (Å²) in [5, 5.41) is 0. The predicted molar refractivity (Wildman–Crippen MR) is 59.9 cm³/mol. The summed E-state index contributed by atoms with van der Waals surface area (Å²) in [6, 6.07) is 7.43. The fourth-order valence-electron chi connectivity index (χ4n) is 1.15. The van der Waals surface area contributed by atoms with Crippen LogP contribution in [0.25, 0.3) is 11.1 Å². The Balaban J connectivity index is 2.21. The van der Waals surface area contributed by atoms with Crippen LogP contribution in [-0.4, -0.2) is 22.8 Å². The number of oxazole rings is 1. The van der Waals surface area contributed by atoms with Gasteiger partial charge in [-0.05, 0) is 12.1 Å². The largest absolute Gasteiger partial charge is 0.444 e. The Kier molecular flexibility index (Phi) is 3.34. The fraction of sp³-hybridized carbons (Fsp3) is 0.300. The third-order valence-corrected chi connectivity index (χ3v) is 2.57. The number of ether oxygens (including phenoxy) is 1. The van der Waals surface area contributed by atoms with Crippen LogP contribution in [0.3, 0.4) is 0 Å². The van der Waals surface area contributed by atoms with Crippen molar-refractivity contribution < 1.29 is 9.15 Å². The van der Waals surface area contributed by atoms with Crippen molar-refractivity contribution >= 4 is 34.3 Å². The molecule has 0 atom stereocenters. The number of alkyl halides is 2. The van der Waals surface area contributed by atoms with Gasteiger partial charge < -0.3 is 9.15 Å². The van der Waals surface area contributed by atoms with E-state index in [9.17, 15) is 0 Å². The average Bonchev–Trinajstić information content (AvgIpc) is 2.68. The van der Waals surface area contributed by atoms with Crippen molar-refractivity contribution in [2.24, 2.45) is 0 Å². The van der Waals surface area contributed by atoms with Crippen molar-refractivity contribution in [3.63, 3.8) is 0 Å². The van der Waals surface area contributed by atoms with Crippen LogP contribution in [0.15, 0.2) is 28.7 Å². The van der Waals surface area contributed by atoms with E-state index in [4.69, 9.17) is 32.4 Å². The second-order valence-electron chi connectivity index (χ2n) is 3.00. The number of halogens is 2. The van der Waals surface area contributed by atoms with E-state index in [1.54, 1.807) is 0 Å². The zero-order chi connectivity index (χ0) is 10.7. The molecular weight excluding hydrogens is 237 g/mol. The Morgan fingerprint density at radius 2 is 2.00 bits per heavy atom. The minimum atomic E-state index is -0.276. The minimum Gasteiger partial charge on any atom is -0.444 e. The van der Waals surface area contributed by atoms with Crippen LogP contribution in [0.2, 0.25) is 0 Å². The number of fused-ring (bicyclic) bond motifs is 1. The highest BCUT2D eigenvalue weighted by Gasteiger charge is 2.12. The number of benzene rings is 1.